The van der Waals surface area contributed by atoms with Gasteiger partial charge in [0.15, 0.2) is 0 Å². The lowest BCUT2D eigenvalue weighted by atomic mass is 10.1. The number of hydrogen-bond donors (Lipinski definition) is 1. The van der Waals surface area contributed by atoms with E-state index in [1.165, 1.54) is 6.07 Å². The van der Waals surface area contributed by atoms with Crippen LogP contribution in [0.25, 0.3) is 11.1 Å². The van der Waals surface area contributed by atoms with Crippen LogP contribution in [0.5, 0.6) is 0 Å². The number of nitro groups is 1. The number of benzene rings is 1. The lowest BCUT2D eigenvalue weighted by Crippen LogP contribution is -1.90. The van der Waals surface area contributed by atoms with Crippen molar-refractivity contribution in [1.29, 1.82) is 0 Å². The lowest BCUT2D eigenvalue weighted by molar-refractivity contribution is -0.384. The number of H-pyrrole nitrogens is 1. The molecule has 0 atom stereocenters. The second kappa shape index (κ2) is 3.29. The fraction of sp³-hybridized carbons (Fsp3) is 0. The highest BCUT2D eigenvalue weighted by Crippen LogP contribution is 2.28. The first-order valence-electron chi connectivity index (χ1n) is 4.01. The Morgan fingerprint density at radius 1 is 1.36 bits per heavy atom. The van der Waals surface area contributed by atoms with Crippen LogP contribution in [0, 0.1) is 10.1 Å². The number of rotatable bonds is 2. The summed E-state index contributed by atoms with van der Waals surface area (Å²) in [6.07, 6.45) is 3.19. The third-order valence-electron chi connectivity index (χ3n) is 1.91. The van der Waals surface area contributed by atoms with Crippen LogP contribution in [-0.2, 0) is 0 Å². The van der Waals surface area contributed by atoms with E-state index in [1.54, 1.807) is 30.6 Å². The lowest BCUT2D eigenvalue weighted by Gasteiger charge is -1.97. The van der Waals surface area contributed by atoms with E-state index in [2.05, 4.69) is 10.2 Å². The average molecular weight is 189 g/mol. The van der Waals surface area contributed by atoms with Crippen molar-refractivity contribution in [3.8, 4) is 11.1 Å². The molecule has 0 fully saturated rings. The van der Waals surface area contributed by atoms with E-state index < -0.39 is 4.92 Å². The van der Waals surface area contributed by atoms with Crippen LogP contribution >= 0.6 is 0 Å². The molecule has 0 aliphatic carbocycles. The van der Waals surface area contributed by atoms with Gasteiger partial charge in [-0.2, -0.15) is 5.10 Å². The van der Waals surface area contributed by atoms with Crippen molar-refractivity contribution in [3.63, 3.8) is 0 Å². The summed E-state index contributed by atoms with van der Waals surface area (Å²) in [4.78, 5) is 10.3. The number of nitrogens with one attached hydrogen (secondary N) is 1. The predicted octanol–water partition coefficient (Wildman–Crippen LogP) is 1.98. The van der Waals surface area contributed by atoms with Gasteiger partial charge >= 0.3 is 0 Å². The molecule has 0 radical (unpaired) electrons. The number of para-hydroxylation sites is 1. The Morgan fingerprint density at radius 3 is 2.79 bits per heavy atom. The molecule has 0 spiro atoms. The largest absolute Gasteiger partial charge is 0.285 e. The number of nitro benzene ring substituents is 1. The topological polar surface area (TPSA) is 71.8 Å². The zero-order valence-corrected chi connectivity index (χ0v) is 7.18. The average Bonchev–Trinajstić information content (AvgIpc) is 2.70. The van der Waals surface area contributed by atoms with Crippen LogP contribution in [0.3, 0.4) is 0 Å². The van der Waals surface area contributed by atoms with Gasteiger partial charge in [0.25, 0.3) is 5.69 Å². The monoisotopic (exact) mass is 189 g/mol. The van der Waals surface area contributed by atoms with Crippen LogP contribution in [-0.4, -0.2) is 15.1 Å². The van der Waals surface area contributed by atoms with Crippen LogP contribution in [0.1, 0.15) is 0 Å². The molecular weight excluding hydrogens is 182 g/mol. The maximum absolute atomic E-state index is 10.7. The Balaban J connectivity index is 2.58. The minimum absolute atomic E-state index is 0.0916. The maximum Gasteiger partial charge on any atom is 0.277 e. The van der Waals surface area contributed by atoms with Crippen LogP contribution in [0.4, 0.5) is 5.69 Å². The SMILES string of the molecule is O=[N+]([O-])c1ccccc1-c1cn[nH]c1. The highest BCUT2D eigenvalue weighted by molar-refractivity contribution is 5.72. The van der Waals surface area contributed by atoms with E-state index in [1.807, 2.05) is 0 Å². The molecule has 5 heteroatoms. The molecule has 0 saturated carbocycles. The first kappa shape index (κ1) is 8.43. The van der Waals surface area contributed by atoms with Crippen molar-refractivity contribution in [2.24, 2.45) is 0 Å². The predicted molar refractivity (Wildman–Crippen MR) is 50.7 cm³/mol. The fourth-order valence-electron chi connectivity index (χ4n) is 1.28. The van der Waals surface area contributed by atoms with E-state index in [9.17, 15) is 10.1 Å². The van der Waals surface area contributed by atoms with Crippen molar-refractivity contribution in [2.45, 2.75) is 0 Å². The van der Waals surface area contributed by atoms with Gasteiger partial charge < -0.3 is 0 Å². The van der Waals surface area contributed by atoms with Crippen LogP contribution in [0.2, 0.25) is 0 Å². The Labute approximate surface area is 79.5 Å². The number of nitrogens with zero attached hydrogens (tertiary/aromatic N) is 2. The van der Waals surface area contributed by atoms with Gasteiger partial charge in [-0.25, -0.2) is 0 Å². The molecular formula is C9H7N3O2. The van der Waals surface area contributed by atoms with Gasteiger partial charge in [-0.3, -0.25) is 15.2 Å². The summed E-state index contributed by atoms with van der Waals surface area (Å²) in [5.74, 6) is 0. The molecule has 1 aromatic heterocycles. The summed E-state index contributed by atoms with van der Waals surface area (Å²) in [6.45, 7) is 0. The summed E-state index contributed by atoms with van der Waals surface area (Å²) in [7, 11) is 0. The van der Waals surface area contributed by atoms with Crippen molar-refractivity contribution in [1.82, 2.24) is 10.2 Å². The molecule has 1 aromatic carbocycles. The summed E-state index contributed by atoms with van der Waals surface area (Å²) < 4.78 is 0. The highest BCUT2D eigenvalue weighted by atomic mass is 16.6. The van der Waals surface area contributed by atoms with E-state index in [0.29, 0.717) is 5.56 Å². The standard InChI is InChI=1S/C9H7N3O2/c13-12(14)9-4-2-1-3-8(9)7-5-10-11-6-7/h1-6H,(H,10,11). The number of aromatic amines is 1. The molecule has 0 bridgehead atoms. The minimum atomic E-state index is -0.400. The first-order valence-corrected chi connectivity index (χ1v) is 4.01. The molecule has 14 heavy (non-hydrogen) atoms. The summed E-state index contributed by atoms with van der Waals surface area (Å²) in [5, 5.41) is 17.1. The third-order valence-corrected chi connectivity index (χ3v) is 1.91. The fourth-order valence-corrected chi connectivity index (χ4v) is 1.28. The van der Waals surface area contributed by atoms with E-state index >= 15 is 0 Å². The Hall–Kier alpha value is -2.17. The molecule has 1 N–H and O–H groups in total. The Kier molecular flexibility index (Phi) is 1.98. The number of aromatic nitrogens is 2. The highest BCUT2D eigenvalue weighted by Gasteiger charge is 2.13. The van der Waals surface area contributed by atoms with Crippen LogP contribution < -0.4 is 0 Å². The second-order valence-electron chi connectivity index (χ2n) is 2.76. The molecule has 1 heterocycles. The quantitative estimate of drug-likeness (QED) is 0.580. The first-order chi connectivity index (χ1) is 6.79. The molecule has 2 aromatic rings. The molecule has 5 nitrogen and oxygen atoms in total. The van der Waals surface area contributed by atoms with Crippen molar-refractivity contribution < 1.29 is 4.92 Å². The van der Waals surface area contributed by atoms with Gasteiger partial charge in [0.2, 0.25) is 0 Å². The summed E-state index contributed by atoms with van der Waals surface area (Å²) in [5.41, 5.74) is 1.39. The van der Waals surface area contributed by atoms with E-state index in [0.717, 1.165) is 5.56 Å². The Bertz CT molecular complexity index is 451. The summed E-state index contributed by atoms with van der Waals surface area (Å²) in [6, 6.07) is 6.57. The zero-order valence-electron chi connectivity index (χ0n) is 7.18. The molecule has 0 saturated heterocycles. The van der Waals surface area contributed by atoms with Gasteiger partial charge in [-0.15, -0.1) is 0 Å². The molecule has 2 rings (SSSR count). The Morgan fingerprint density at radius 2 is 2.14 bits per heavy atom. The normalized spacial score (nSPS) is 10.0. The number of hydrogen-bond acceptors (Lipinski definition) is 3. The van der Waals surface area contributed by atoms with E-state index in [4.69, 9.17) is 0 Å². The van der Waals surface area contributed by atoms with Gasteiger partial charge in [-0.05, 0) is 6.07 Å². The van der Waals surface area contributed by atoms with Gasteiger partial charge in [0.05, 0.1) is 16.7 Å². The van der Waals surface area contributed by atoms with Gasteiger partial charge in [0, 0.05) is 17.8 Å². The van der Waals surface area contributed by atoms with Gasteiger partial charge in [0.1, 0.15) is 0 Å². The molecule has 0 aliphatic rings. The summed E-state index contributed by atoms with van der Waals surface area (Å²) >= 11 is 0. The van der Waals surface area contributed by atoms with Crippen molar-refractivity contribution in [2.75, 3.05) is 0 Å². The molecule has 70 valence electrons. The second-order valence-corrected chi connectivity index (χ2v) is 2.76. The molecule has 0 unspecified atom stereocenters. The van der Waals surface area contributed by atoms with Crippen molar-refractivity contribution in [3.05, 3.63) is 46.8 Å². The van der Waals surface area contributed by atoms with Crippen LogP contribution in [0.15, 0.2) is 36.7 Å². The smallest absolute Gasteiger partial charge is 0.277 e. The minimum Gasteiger partial charge on any atom is -0.285 e. The maximum atomic E-state index is 10.7. The van der Waals surface area contributed by atoms with Gasteiger partial charge in [-0.1, -0.05) is 12.1 Å². The molecule has 0 amide bonds. The zero-order chi connectivity index (χ0) is 9.97. The third kappa shape index (κ3) is 1.35. The van der Waals surface area contributed by atoms with E-state index in [-0.39, 0.29) is 5.69 Å². The van der Waals surface area contributed by atoms with Crippen molar-refractivity contribution >= 4 is 5.69 Å². The molecule has 0 aliphatic heterocycles.